The van der Waals surface area contributed by atoms with Gasteiger partial charge >= 0.3 is 0 Å². The SMILES string of the molecule is CSCc1nc2ccccc2n1CC(=O)Nc1ccc(Nc2ccccc2)cc1. The van der Waals surface area contributed by atoms with Gasteiger partial charge in [0.1, 0.15) is 12.4 Å². The average Bonchev–Trinajstić information content (AvgIpc) is 3.08. The zero-order valence-corrected chi connectivity index (χ0v) is 16.9. The second-order valence-corrected chi connectivity index (χ2v) is 7.52. The van der Waals surface area contributed by atoms with E-state index in [0.717, 1.165) is 39.7 Å². The van der Waals surface area contributed by atoms with Crippen LogP contribution in [-0.4, -0.2) is 21.7 Å². The number of rotatable bonds is 7. The Morgan fingerprint density at radius 3 is 2.31 bits per heavy atom. The zero-order valence-electron chi connectivity index (χ0n) is 16.1. The third kappa shape index (κ3) is 4.60. The lowest BCUT2D eigenvalue weighted by Gasteiger charge is -2.11. The minimum Gasteiger partial charge on any atom is -0.356 e. The Labute approximate surface area is 174 Å². The topological polar surface area (TPSA) is 59.0 Å². The first-order valence-corrected chi connectivity index (χ1v) is 10.8. The maximum atomic E-state index is 12.7. The number of nitrogens with one attached hydrogen (secondary N) is 2. The van der Waals surface area contributed by atoms with E-state index in [-0.39, 0.29) is 12.5 Å². The largest absolute Gasteiger partial charge is 0.356 e. The van der Waals surface area contributed by atoms with E-state index in [2.05, 4.69) is 15.6 Å². The Morgan fingerprint density at radius 1 is 0.897 bits per heavy atom. The van der Waals surface area contributed by atoms with Crippen molar-refractivity contribution in [2.45, 2.75) is 12.3 Å². The number of amides is 1. The molecule has 0 aliphatic heterocycles. The molecule has 0 aliphatic rings. The van der Waals surface area contributed by atoms with Gasteiger partial charge in [-0.1, -0.05) is 30.3 Å². The molecule has 0 aliphatic carbocycles. The number of hydrogen-bond donors (Lipinski definition) is 2. The summed E-state index contributed by atoms with van der Waals surface area (Å²) in [5.41, 5.74) is 4.66. The fourth-order valence-corrected chi connectivity index (χ4v) is 3.69. The molecule has 0 bridgehead atoms. The Balaban J connectivity index is 1.45. The normalized spacial score (nSPS) is 10.8. The van der Waals surface area contributed by atoms with Gasteiger partial charge in [-0.05, 0) is 54.8 Å². The van der Waals surface area contributed by atoms with Crippen molar-refractivity contribution in [3.63, 3.8) is 0 Å². The molecule has 29 heavy (non-hydrogen) atoms. The van der Waals surface area contributed by atoms with E-state index < -0.39 is 0 Å². The Hall–Kier alpha value is -3.25. The summed E-state index contributed by atoms with van der Waals surface area (Å²) in [6.45, 7) is 0.237. The van der Waals surface area contributed by atoms with Gasteiger partial charge in [-0.15, -0.1) is 0 Å². The maximum absolute atomic E-state index is 12.7. The minimum atomic E-state index is -0.0701. The number of hydrogen-bond acceptors (Lipinski definition) is 4. The van der Waals surface area contributed by atoms with Crippen LogP contribution in [0.15, 0.2) is 78.9 Å². The molecule has 0 saturated carbocycles. The van der Waals surface area contributed by atoms with Crippen LogP contribution in [0.2, 0.25) is 0 Å². The monoisotopic (exact) mass is 402 g/mol. The van der Waals surface area contributed by atoms with Crippen LogP contribution in [0.25, 0.3) is 11.0 Å². The van der Waals surface area contributed by atoms with Crippen molar-refractivity contribution in [1.29, 1.82) is 0 Å². The Morgan fingerprint density at radius 2 is 1.55 bits per heavy atom. The van der Waals surface area contributed by atoms with E-state index in [0.29, 0.717) is 0 Å². The molecule has 4 aromatic rings. The molecule has 0 spiro atoms. The molecule has 0 radical (unpaired) electrons. The second-order valence-electron chi connectivity index (χ2n) is 6.65. The van der Waals surface area contributed by atoms with Gasteiger partial charge in [-0.2, -0.15) is 11.8 Å². The van der Waals surface area contributed by atoms with E-state index in [9.17, 15) is 4.79 Å². The lowest BCUT2D eigenvalue weighted by molar-refractivity contribution is -0.116. The summed E-state index contributed by atoms with van der Waals surface area (Å²) in [6.07, 6.45) is 2.04. The highest BCUT2D eigenvalue weighted by atomic mass is 32.2. The number of carbonyl (C=O) groups is 1. The first-order chi connectivity index (χ1) is 14.2. The van der Waals surface area contributed by atoms with Gasteiger partial charge in [-0.25, -0.2) is 4.98 Å². The molecule has 5 nitrogen and oxygen atoms in total. The van der Waals surface area contributed by atoms with Crippen molar-refractivity contribution in [3.8, 4) is 0 Å². The number of benzene rings is 3. The standard InChI is InChI=1S/C23H22N4OS/c1-29-16-22-26-20-9-5-6-10-21(20)27(22)15-23(28)25-19-13-11-18(12-14-19)24-17-7-3-2-4-8-17/h2-14,24H,15-16H2,1H3,(H,25,28). The molecule has 1 aromatic heterocycles. The van der Waals surface area contributed by atoms with Crippen LogP contribution in [-0.2, 0) is 17.1 Å². The molecule has 1 heterocycles. The minimum absolute atomic E-state index is 0.0701. The van der Waals surface area contributed by atoms with Crippen LogP contribution in [0.3, 0.4) is 0 Å². The summed E-state index contributed by atoms with van der Waals surface area (Å²) in [7, 11) is 0. The maximum Gasteiger partial charge on any atom is 0.244 e. The van der Waals surface area contributed by atoms with Crippen LogP contribution in [0.5, 0.6) is 0 Å². The highest BCUT2D eigenvalue weighted by Crippen LogP contribution is 2.21. The molecule has 146 valence electrons. The van der Waals surface area contributed by atoms with Crippen LogP contribution in [0.1, 0.15) is 5.82 Å². The molecule has 4 rings (SSSR count). The molecule has 0 saturated heterocycles. The zero-order chi connectivity index (χ0) is 20.1. The number of aromatic nitrogens is 2. The number of carbonyl (C=O) groups excluding carboxylic acids is 1. The fraction of sp³-hybridized carbons (Fsp3) is 0.130. The van der Waals surface area contributed by atoms with Crippen molar-refractivity contribution in [3.05, 3.63) is 84.7 Å². The highest BCUT2D eigenvalue weighted by molar-refractivity contribution is 7.97. The fourth-order valence-electron chi connectivity index (χ4n) is 3.21. The molecule has 0 atom stereocenters. The van der Waals surface area contributed by atoms with E-state index >= 15 is 0 Å². The van der Waals surface area contributed by atoms with Crippen molar-refractivity contribution < 1.29 is 4.79 Å². The van der Waals surface area contributed by atoms with Crippen molar-refractivity contribution in [2.24, 2.45) is 0 Å². The van der Waals surface area contributed by atoms with Gasteiger partial charge < -0.3 is 15.2 Å². The van der Waals surface area contributed by atoms with Gasteiger partial charge in [0, 0.05) is 17.1 Å². The molecular formula is C23H22N4OS. The summed E-state index contributed by atoms with van der Waals surface area (Å²) in [5.74, 6) is 1.61. The third-order valence-corrected chi connectivity index (χ3v) is 5.09. The van der Waals surface area contributed by atoms with E-state index in [1.165, 1.54) is 0 Å². The molecule has 3 aromatic carbocycles. The van der Waals surface area contributed by atoms with Crippen LogP contribution < -0.4 is 10.6 Å². The number of para-hydroxylation sites is 3. The van der Waals surface area contributed by atoms with E-state index in [4.69, 9.17) is 0 Å². The molecule has 6 heteroatoms. The lowest BCUT2D eigenvalue weighted by atomic mass is 10.2. The number of thioether (sulfide) groups is 1. The van der Waals surface area contributed by atoms with Gasteiger partial charge in [0.2, 0.25) is 5.91 Å². The summed E-state index contributed by atoms with van der Waals surface area (Å²) >= 11 is 1.70. The van der Waals surface area contributed by atoms with E-state index in [1.54, 1.807) is 11.8 Å². The highest BCUT2D eigenvalue weighted by Gasteiger charge is 2.13. The summed E-state index contributed by atoms with van der Waals surface area (Å²) in [5, 5.41) is 6.32. The van der Waals surface area contributed by atoms with Crippen molar-refractivity contribution >= 4 is 45.8 Å². The van der Waals surface area contributed by atoms with Crippen LogP contribution >= 0.6 is 11.8 Å². The predicted octanol–water partition coefficient (Wildman–Crippen LogP) is 5.28. The molecule has 2 N–H and O–H groups in total. The van der Waals surface area contributed by atoms with Crippen molar-refractivity contribution in [1.82, 2.24) is 9.55 Å². The van der Waals surface area contributed by atoms with Gasteiger partial charge in [0.25, 0.3) is 0 Å². The van der Waals surface area contributed by atoms with Gasteiger partial charge in [0.15, 0.2) is 0 Å². The second kappa shape index (κ2) is 8.84. The van der Waals surface area contributed by atoms with Gasteiger partial charge in [0.05, 0.1) is 16.8 Å². The number of anilines is 3. The molecule has 0 unspecified atom stereocenters. The molecular weight excluding hydrogens is 380 g/mol. The first kappa shape index (κ1) is 19.1. The number of fused-ring (bicyclic) bond motifs is 1. The van der Waals surface area contributed by atoms with Crippen molar-refractivity contribution in [2.75, 3.05) is 16.9 Å². The summed E-state index contributed by atoms with van der Waals surface area (Å²) in [4.78, 5) is 17.3. The smallest absolute Gasteiger partial charge is 0.244 e. The Bertz CT molecular complexity index is 1110. The van der Waals surface area contributed by atoms with Gasteiger partial charge in [-0.3, -0.25) is 4.79 Å². The van der Waals surface area contributed by atoms with Crippen LogP contribution in [0.4, 0.5) is 17.1 Å². The van der Waals surface area contributed by atoms with Crippen LogP contribution in [0, 0.1) is 0 Å². The number of nitrogens with zero attached hydrogens (tertiary/aromatic N) is 2. The third-order valence-electron chi connectivity index (χ3n) is 4.54. The number of imidazole rings is 1. The quantitative estimate of drug-likeness (QED) is 0.441. The first-order valence-electron chi connectivity index (χ1n) is 9.38. The molecule has 1 amide bonds. The summed E-state index contributed by atoms with van der Waals surface area (Å²) in [6, 6.07) is 25.6. The summed E-state index contributed by atoms with van der Waals surface area (Å²) < 4.78 is 1.99. The van der Waals surface area contributed by atoms with E-state index in [1.807, 2.05) is 89.7 Å². The Kier molecular flexibility index (Phi) is 5.81. The average molecular weight is 403 g/mol. The molecule has 0 fully saturated rings. The predicted molar refractivity (Wildman–Crippen MR) is 122 cm³/mol. The lowest BCUT2D eigenvalue weighted by Crippen LogP contribution is -2.20.